The van der Waals surface area contributed by atoms with Crippen molar-refractivity contribution in [2.75, 3.05) is 6.54 Å². The molecule has 3 rings (SSSR count). The average Bonchev–Trinajstić information content (AvgIpc) is 2.95. The lowest BCUT2D eigenvalue weighted by atomic mass is 9.77. The fourth-order valence-corrected chi connectivity index (χ4v) is 3.57. The van der Waals surface area contributed by atoms with Crippen LogP contribution >= 0.6 is 23.7 Å². The van der Waals surface area contributed by atoms with E-state index in [4.69, 9.17) is 5.73 Å². The van der Waals surface area contributed by atoms with Gasteiger partial charge in [-0.1, -0.05) is 36.8 Å². The predicted molar refractivity (Wildman–Crippen MR) is 96.1 cm³/mol. The fourth-order valence-electron chi connectivity index (χ4n) is 2.78. The third-order valence-corrected chi connectivity index (χ3v) is 5.12. The molecule has 1 aromatic heterocycles. The van der Waals surface area contributed by atoms with Gasteiger partial charge in [-0.05, 0) is 30.9 Å². The first kappa shape index (κ1) is 17.9. The van der Waals surface area contributed by atoms with Gasteiger partial charge in [0.2, 0.25) is 0 Å². The highest BCUT2D eigenvalue weighted by molar-refractivity contribution is 7.09. The Labute approximate surface area is 146 Å². The molecule has 1 aromatic carbocycles. The van der Waals surface area contributed by atoms with Gasteiger partial charge in [-0.25, -0.2) is 4.98 Å². The van der Waals surface area contributed by atoms with Crippen molar-refractivity contribution in [3.8, 4) is 0 Å². The number of amides is 1. The van der Waals surface area contributed by atoms with E-state index in [1.807, 2.05) is 23.6 Å². The lowest BCUT2D eigenvalue weighted by molar-refractivity contribution is 0.0896. The van der Waals surface area contributed by atoms with E-state index in [1.54, 1.807) is 0 Å². The normalized spacial score (nSPS) is 15.3. The van der Waals surface area contributed by atoms with E-state index >= 15 is 0 Å². The van der Waals surface area contributed by atoms with Gasteiger partial charge in [-0.2, -0.15) is 0 Å². The summed E-state index contributed by atoms with van der Waals surface area (Å²) in [5.41, 5.74) is 7.22. The SMILES string of the molecule is Cl.NCCc1nc(C(=O)NC(c2ccccc2)C2CCC2)cs1. The number of carbonyl (C=O) groups is 1. The maximum Gasteiger partial charge on any atom is 0.271 e. The van der Waals surface area contributed by atoms with Crippen LogP contribution in [0.25, 0.3) is 0 Å². The lowest BCUT2D eigenvalue weighted by Crippen LogP contribution is -2.36. The standard InChI is InChI=1S/C17H21N3OS.ClH/c18-10-9-15-19-14(11-22-15)17(21)20-16(13-7-4-8-13)12-5-2-1-3-6-12;/h1-3,5-6,11,13,16H,4,7-10,18H2,(H,20,21);1H. The Morgan fingerprint density at radius 3 is 2.70 bits per heavy atom. The Kier molecular flexibility index (Phi) is 6.57. The van der Waals surface area contributed by atoms with E-state index in [0.29, 0.717) is 18.2 Å². The molecule has 1 atom stereocenters. The number of nitrogens with two attached hydrogens (primary N) is 1. The smallest absolute Gasteiger partial charge is 0.271 e. The number of thiazole rings is 1. The van der Waals surface area contributed by atoms with Crippen LogP contribution in [0.5, 0.6) is 0 Å². The molecule has 124 valence electrons. The molecule has 3 N–H and O–H groups in total. The first-order valence-corrected chi connectivity index (χ1v) is 8.66. The van der Waals surface area contributed by atoms with Crippen LogP contribution in [-0.2, 0) is 6.42 Å². The number of carbonyl (C=O) groups excluding carboxylic acids is 1. The zero-order valence-electron chi connectivity index (χ0n) is 12.9. The molecule has 1 amide bonds. The molecule has 6 heteroatoms. The Bertz CT molecular complexity index is 628. The van der Waals surface area contributed by atoms with Crippen LogP contribution in [0.4, 0.5) is 0 Å². The van der Waals surface area contributed by atoms with Crippen molar-refractivity contribution in [2.45, 2.75) is 31.7 Å². The zero-order chi connectivity index (χ0) is 15.4. The quantitative estimate of drug-likeness (QED) is 0.838. The third kappa shape index (κ3) is 4.31. The first-order valence-electron chi connectivity index (χ1n) is 7.78. The number of hydrogen-bond donors (Lipinski definition) is 2. The van der Waals surface area contributed by atoms with Crippen molar-refractivity contribution in [1.29, 1.82) is 0 Å². The molecule has 2 aromatic rings. The molecule has 23 heavy (non-hydrogen) atoms. The first-order chi connectivity index (χ1) is 10.8. The van der Waals surface area contributed by atoms with Gasteiger partial charge in [0.15, 0.2) is 0 Å². The Balaban J connectivity index is 0.00000192. The van der Waals surface area contributed by atoms with Gasteiger partial charge in [0, 0.05) is 11.8 Å². The molecule has 0 bridgehead atoms. The maximum absolute atomic E-state index is 12.5. The van der Waals surface area contributed by atoms with Gasteiger partial charge in [0.1, 0.15) is 5.69 Å². The van der Waals surface area contributed by atoms with Gasteiger partial charge < -0.3 is 11.1 Å². The monoisotopic (exact) mass is 351 g/mol. The zero-order valence-corrected chi connectivity index (χ0v) is 14.5. The summed E-state index contributed by atoms with van der Waals surface area (Å²) in [5, 5.41) is 5.93. The second-order valence-corrected chi connectivity index (χ2v) is 6.66. The summed E-state index contributed by atoms with van der Waals surface area (Å²) in [4.78, 5) is 16.9. The van der Waals surface area contributed by atoms with E-state index in [1.165, 1.54) is 36.2 Å². The highest BCUT2D eigenvalue weighted by atomic mass is 35.5. The molecular formula is C17H22ClN3OS. The number of nitrogens with one attached hydrogen (secondary N) is 1. The molecular weight excluding hydrogens is 330 g/mol. The van der Waals surface area contributed by atoms with Crippen LogP contribution in [0.1, 0.15) is 46.4 Å². The highest BCUT2D eigenvalue weighted by Gasteiger charge is 2.30. The van der Waals surface area contributed by atoms with Gasteiger partial charge in [-0.15, -0.1) is 23.7 Å². The Morgan fingerprint density at radius 1 is 1.35 bits per heavy atom. The number of benzene rings is 1. The molecule has 1 aliphatic carbocycles. The number of nitrogens with zero attached hydrogens (tertiary/aromatic N) is 1. The molecule has 1 unspecified atom stereocenters. The molecule has 1 fully saturated rings. The van der Waals surface area contributed by atoms with Crippen molar-refractivity contribution in [3.63, 3.8) is 0 Å². The van der Waals surface area contributed by atoms with E-state index in [2.05, 4.69) is 22.4 Å². The molecule has 1 saturated carbocycles. The van der Waals surface area contributed by atoms with Crippen molar-refractivity contribution < 1.29 is 4.79 Å². The summed E-state index contributed by atoms with van der Waals surface area (Å²) in [6, 6.07) is 10.3. The van der Waals surface area contributed by atoms with Crippen molar-refractivity contribution in [3.05, 3.63) is 52.0 Å². The van der Waals surface area contributed by atoms with Crippen LogP contribution in [-0.4, -0.2) is 17.4 Å². The molecule has 0 aliphatic heterocycles. The largest absolute Gasteiger partial charge is 0.344 e. The number of hydrogen-bond acceptors (Lipinski definition) is 4. The van der Waals surface area contributed by atoms with Crippen molar-refractivity contribution in [1.82, 2.24) is 10.3 Å². The summed E-state index contributed by atoms with van der Waals surface area (Å²) in [5.74, 6) is 0.453. The van der Waals surface area contributed by atoms with E-state index in [9.17, 15) is 4.79 Å². The molecule has 0 spiro atoms. The minimum absolute atomic E-state index is 0. The van der Waals surface area contributed by atoms with Crippen LogP contribution in [0.3, 0.4) is 0 Å². The minimum Gasteiger partial charge on any atom is -0.344 e. The predicted octanol–water partition coefficient (Wildman–Crippen LogP) is 3.34. The van der Waals surface area contributed by atoms with Crippen LogP contribution in [0.15, 0.2) is 35.7 Å². The van der Waals surface area contributed by atoms with E-state index < -0.39 is 0 Å². The van der Waals surface area contributed by atoms with Crippen LogP contribution in [0.2, 0.25) is 0 Å². The number of halogens is 1. The summed E-state index contributed by atoms with van der Waals surface area (Å²) in [6.45, 7) is 0.559. The highest BCUT2D eigenvalue weighted by Crippen LogP contribution is 2.37. The van der Waals surface area contributed by atoms with Crippen molar-refractivity contribution >= 4 is 29.7 Å². The average molecular weight is 352 g/mol. The second-order valence-electron chi connectivity index (χ2n) is 5.72. The molecule has 0 saturated heterocycles. The molecule has 0 radical (unpaired) electrons. The lowest BCUT2D eigenvalue weighted by Gasteiger charge is -2.34. The van der Waals surface area contributed by atoms with Crippen LogP contribution < -0.4 is 11.1 Å². The molecule has 1 aliphatic rings. The molecule has 1 heterocycles. The van der Waals surface area contributed by atoms with Gasteiger partial charge in [0.05, 0.1) is 11.0 Å². The van der Waals surface area contributed by atoms with E-state index in [-0.39, 0.29) is 24.4 Å². The van der Waals surface area contributed by atoms with Crippen molar-refractivity contribution in [2.24, 2.45) is 11.7 Å². The third-order valence-electron chi connectivity index (χ3n) is 4.21. The second kappa shape index (κ2) is 8.43. The summed E-state index contributed by atoms with van der Waals surface area (Å²) in [7, 11) is 0. The summed E-state index contributed by atoms with van der Waals surface area (Å²) < 4.78 is 0. The topological polar surface area (TPSA) is 68.0 Å². The van der Waals surface area contributed by atoms with Crippen LogP contribution in [0, 0.1) is 5.92 Å². The van der Waals surface area contributed by atoms with Gasteiger partial charge in [0.25, 0.3) is 5.91 Å². The Hall–Kier alpha value is -1.43. The summed E-state index contributed by atoms with van der Waals surface area (Å²) >= 11 is 1.50. The van der Waals surface area contributed by atoms with Gasteiger partial charge in [-0.3, -0.25) is 4.79 Å². The minimum atomic E-state index is -0.0831. The molecule has 4 nitrogen and oxygen atoms in total. The fraction of sp³-hybridized carbons (Fsp3) is 0.412. The number of aromatic nitrogens is 1. The maximum atomic E-state index is 12.5. The summed E-state index contributed by atoms with van der Waals surface area (Å²) in [6.07, 6.45) is 4.33. The number of rotatable bonds is 6. The van der Waals surface area contributed by atoms with Gasteiger partial charge >= 0.3 is 0 Å². The Morgan fingerprint density at radius 2 is 2.09 bits per heavy atom. The van der Waals surface area contributed by atoms with E-state index in [0.717, 1.165) is 11.4 Å².